The molecular weight excluding hydrogens is 679 g/mol. The second-order valence-electron chi connectivity index (χ2n) is 12.2. The van der Waals surface area contributed by atoms with Crippen LogP contribution in [0.2, 0.25) is 0 Å². The molecule has 2 amide bonds. The summed E-state index contributed by atoms with van der Waals surface area (Å²) < 4.78 is 19.6. The number of nitrogens with one attached hydrogen (secondary N) is 1. The average Bonchev–Trinajstić information content (AvgIpc) is 3.00. The van der Waals surface area contributed by atoms with E-state index in [-0.39, 0.29) is 18.0 Å². The van der Waals surface area contributed by atoms with Crippen molar-refractivity contribution in [2.75, 3.05) is 11.9 Å². The van der Waals surface area contributed by atoms with Gasteiger partial charge >= 0.3 is 6.09 Å². The summed E-state index contributed by atoms with van der Waals surface area (Å²) in [5.74, 6) is 1.18. The van der Waals surface area contributed by atoms with Crippen LogP contribution in [0.4, 0.5) is 10.5 Å². The molecule has 1 unspecified atom stereocenters. The predicted molar refractivity (Wildman–Crippen MR) is 185 cm³/mol. The van der Waals surface area contributed by atoms with Gasteiger partial charge in [0.1, 0.15) is 18.8 Å². The summed E-state index contributed by atoms with van der Waals surface area (Å²) in [5, 5.41) is 2.88. The minimum absolute atomic E-state index is 0.119. The normalized spacial score (nSPS) is 14.3. The number of carbonyl (C=O) groups is 2. The van der Waals surface area contributed by atoms with E-state index in [1.807, 2.05) is 105 Å². The van der Waals surface area contributed by atoms with Crippen molar-refractivity contribution in [2.45, 2.75) is 65.4 Å². The number of benzene rings is 4. The lowest BCUT2D eigenvalue weighted by molar-refractivity contribution is -0.114. The minimum atomic E-state index is -0.629. The van der Waals surface area contributed by atoms with E-state index in [9.17, 15) is 9.59 Å². The Morgan fingerprint density at radius 1 is 0.844 bits per heavy atom. The van der Waals surface area contributed by atoms with Crippen molar-refractivity contribution < 1.29 is 23.8 Å². The molecule has 7 nitrogen and oxygen atoms in total. The number of carbonyl (C=O) groups excluding carboxylic acids is 2. The lowest BCUT2D eigenvalue weighted by atomic mass is 9.88. The Labute approximate surface area is 279 Å². The van der Waals surface area contributed by atoms with Gasteiger partial charge in [0, 0.05) is 17.0 Å². The summed E-state index contributed by atoms with van der Waals surface area (Å²) >= 11 is 2.23. The quantitative estimate of drug-likeness (QED) is 0.176. The van der Waals surface area contributed by atoms with Gasteiger partial charge in [-0.2, -0.15) is 0 Å². The first-order valence-corrected chi connectivity index (χ1v) is 16.2. The maximum atomic E-state index is 13.6. The van der Waals surface area contributed by atoms with Crippen LogP contribution in [0.25, 0.3) is 0 Å². The van der Waals surface area contributed by atoms with Gasteiger partial charge in [0.05, 0.1) is 11.7 Å². The highest BCUT2D eigenvalue weighted by Gasteiger charge is 2.35. The second-order valence-corrected chi connectivity index (χ2v) is 13.3. The highest BCUT2D eigenvalue weighted by atomic mass is 127. The summed E-state index contributed by atoms with van der Waals surface area (Å²) in [5.41, 5.74) is 5.40. The standard InChI is InChI=1S/C37H39IN2O5/c1-25(41)39-32-16-15-28(19-31(32)38)20-33-30-22-35(44-24-27-13-9-6-10-14-27)34(43-23-26-11-7-5-8-12-26)21-29(30)17-18-40(33)36(42)45-37(2,3)4/h5-16,19,21-22,33H,17-18,20,23-24H2,1-4H3,(H,39,41). The zero-order chi connectivity index (χ0) is 32.0. The summed E-state index contributed by atoms with van der Waals surface area (Å²) in [6, 6.07) is 29.9. The number of nitrogens with zero attached hydrogens (tertiary/aromatic N) is 1. The smallest absolute Gasteiger partial charge is 0.410 e. The fraction of sp³-hybridized carbons (Fsp3) is 0.297. The van der Waals surface area contributed by atoms with Crippen LogP contribution in [-0.2, 0) is 35.6 Å². The number of hydrogen-bond donors (Lipinski definition) is 1. The number of ether oxygens (including phenoxy) is 3. The van der Waals surface area contributed by atoms with Crippen LogP contribution in [-0.4, -0.2) is 29.0 Å². The first kappa shape index (κ1) is 32.3. The third-order valence-electron chi connectivity index (χ3n) is 7.44. The van der Waals surface area contributed by atoms with Crippen LogP contribution in [0.5, 0.6) is 11.5 Å². The van der Waals surface area contributed by atoms with Crippen LogP contribution in [0.1, 0.15) is 61.6 Å². The van der Waals surface area contributed by atoms with Gasteiger partial charge < -0.3 is 24.4 Å². The Hall–Kier alpha value is -4.05. The lowest BCUT2D eigenvalue weighted by Crippen LogP contribution is -2.43. The summed E-state index contributed by atoms with van der Waals surface area (Å²) in [4.78, 5) is 27.1. The van der Waals surface area contributed by atoms with Crippen LogP contribution in [0.3, 0.4) is 0 Å². The number of halogens is 1. The third kappa shape index (κ3) is 8.78. The Bertz CT molecular complexity index is 1640. The van der Waals surface area contributed by atoms with E-state index in [1.165, 1.54) is 6.92 Å². The molecule has 4 aromatic rings. The summed E-state index contributed by atoms with van der Waals surface area (Å²) in [7, 11) is 0. The first-order chi connectivity index (χ1) is 21.6. The highest BCUT2D eigenvalue weighted by Crippen LogP contribution is 2.41. The molecule has 5 rings (SSSR count). The van der Waals surface area contributed by atoms with Crippen LogP contribution in [0.15, 0.2) is 91.0 Å². The molecule has 234 valence electrons. The van der Waals surface area contributed by atoms with Gasteiger partial charge in [0.15, 0.2) is 11.5 Å². The number of anilines is 1. The lowest BCUT2D eigenvalue weighted by Gasteiger charge is -2.38. The maximum absolute atomic E-state index is 13.6. The zero-order valence-electron chi connectivity index (χ0n) is 26.1. The topological polar surface area (TPSA) is 77.1 Å². The maximum Gasteiger partial charge on any atom is 0.410 e. The van der Waals surface area contributed by atoms with Crippen molar-refractivity contribution in [3.63, 3.8) is 0 Å². The number of rotatable bonds is 9. The van der Waals surface area contributed by atoms with Gasteiger partial charge in [-0.1, -0.05) is 66.7 Å². The van der Waals surface area contributed by atoms with Gasteiger partial charge in [0.25, 0.3) is 0 Å². The molecule has 8 heteroatoms. The second kappa shape index (κ2) is 14.4. The number of amides is 2. The minimum Gasteiger partial charge on any atom is -0.485 e. The fourth-order valence-corrected chi connectivity index (χ4v) is 6.08. The fourth-order valence-electron chi connectivity index (χ4n) is 5.36. The van der Waals surface area contributed by atoms with E-state index in [0.29, 0.717) is 44.1 Å². The Morgan fingerprint density at radius 3 is 2.00 bits per heavy atom. The molecule has 1 aliphatic rings. The molecule has 1 aliphatic heterocycles. The molecular formula is C37H39IN2O5. The van der Waals surface area contributed by atoms with Gasteiger partial charge in [-0.05, 0) is 108 Å². The van der Waals surface area contributed by atoms with Crippen LogP contribution < -0.4 is 14.8 Å². The van der Waals surface area contributed by atoms with Crippen molar-refractivity contribution in [1.29, 1.82) is 0 Å². The van der Waals surface area contributed by atoms with Crippen molar-refractivity contribution in [3.8, 4) is 11.5 Å². The molecule has 0 bridgehead atoms. The molecule has 0 saturated carbocycles. The van der Waals surface area contributed by atoms with Gasteiger partial charge in [-0.3, -0.25) is 4.79 Å². The molecule has 4 aromatic carbocycles. The van der Waals surface area contributed by atoms with Crippen LogP contribution in [0, 0.1) is 3.57 Å². The largest absolute Gasteiger partial charge is 0.485 e. The molecule has 1 atom stereocenters. The molecule has 0 aliphatic carbocycles. The number of fused-ring (bicyclic) bond motifs is 1. The Balaban J connectivity index is 1.52. The number of hydrogen-bond acceptors (Lipinski definition) is 5. The van der Waals surface area contributed by atoms with E-state index in [4.69, 9.17) is 14.2 Å². The predicted octanol–water partition coefficient (Wildman–Crippen LogP) is 8.48. The van der Waals surface area contributed by atoms with Crippen molar-refractivity contribution >= 4 is 40.3 Å². The van der Waals surface area contributed by atoms with E-state index < -0.39 is 5.60 Å². The molecule has 0 saturated heterocycles. The monoisotopic (exact) mass is 718 g/mol. The summed E-state index contributed by atoms with van der Waals surface area (Å²) in [6.45, 7) is 8.44. The Kier molecular flexibility index (Phi) is 10.3. The molecule has 45 heavy (non-hydrogen) atoms. The van der Waals surface area contributed by atoms with Gasteiger partial charge in [-0.15, -0.1) is 0 Å². The van der Waals surface area contributed by atoms with Crippen molar-refractivity contribution in [3.05, 3.63) is 122 Å². The molecule has 1 heterocycles. The van der Waals surface area contributed by atoms with E-state index in [0.717, 1.165) is 37.1 Å². The van der Waals surface area contributed by atoms with E-state index in [2.05, 4.69) is 40.0 Å². The van der Waals surface area contributed by atoms with E-state index in [1.54, 1.807) is 0 Å². The molecule has 1 N–H and O–H groups in total. The van der Waals surface area contributed by atoms with E-state index >= 15 is 0 Å². The third-order valence-corrected chi connectivity index (χ3v) is 8.33. The highest BCUT2D eigenvalue weighted by molar-refractivity contribution is 14.1. The molecule has 0 spiro atoms. The van der Waals surface area contributed by atoms with Crippen molar-refractivity contribution in [2.24, 2.45) is 0 Å². The zero-order valence-corrected chi connectivity index (χ0v) is 28.3. The molecule has 0 fully saturated rings. The van der Waals surface area contributed by atoms with Crippen LogP contribution >= 0.6 is 22.6 Å². The summed E-state index contributed by atoms with van der Waals surface area (Å²) in [6.07, 6.45) is 0.870. The molecule has 0 radical (unpaired) electrons. The first-order valence-electron chi connectivity index (χ1n) is 15.1. The van der Waals surface area contributed by atoms with Crippen molar-refractivity contribution in [1.82, 2.24) is 4.90 Å². The Morgan fingerprint density at radius 2 is 1.44 bits per heavy atom. The van der Waals surface area contributed by atoms with Gasteiger partial charge in [-0.25, -0.2) is 4.79 Å². The molecule has 0 aromatic heterocycles. The SMILES string of the molecule is CC(=O)Nc1ccc(CC2c3cc(OCc4ccccc4)c(OCc4ccccc4)cc3CCN2C(=O)OC(C)(C)C)cc1I. The van der Waals surface area contributed by atoms with Gasteiger partial charge in [0.2, 0.25) is 5.91 Å². The average molecular weight is 719 g/mol.